The fourth-order valence-electron chi connectivity index (χ4n) is 2.49. The maximum atomic E-state index is 4.61. The van der Waals surface area contributed by atoms with E-state index in [4.69, 9.17) is 0 Å². The van der Waals surface area contributed by atoms with Crippen LogP contribution >= 0.6 is 27.7 Å². The molecule has 4 rings (SSSR count). The second kappa shape index (κ2) is 6.41. The fraction of sp³-hybridized carbons (Fsp3) is 0.118. The molecular weight excluding hydrogens is 386 g/mol. The Labute approximate surface area is 151 Å². The van der Waals surface area contributed by atoms with Gasteiger partial charge in [-0.15, -0.1) is 10.2 Å². The van der Waals surface area contributed by atoms with Crippen molar-refractivity contribution in [3.63, 3.8) is 0 Å². The van der Waals surface area contributed by atoms with E-state index in [1.807, 2.05) is 70.9 Å². The van der Waals surface area contributed by atoms with Crippen molar-refractivity contribution in [1.82, 2.24) is 24.1 Å². The van der Waals surface area contributed by atoms with Crippen molar-refractivity contribution in [3.05, 3.63) is 65.0 Å². The molecule has 3 aromatic heterocycles. The molecule has 4 aromatic rings. The van der Waals surface area contributed by atoms with Gasteiger partial charge < -0.3 is 8.97 Å². The molecule has 0 N–H and O–H groups in total. The average molecular weight is 400 g/mol. The van der Waals surface area contributed by atoms with Gasteiger partial charge in [-0.05, 0) is 24.3 Å². The minimum atomic E-state index is 0.758. The van der Waals surface area contributed by atoms with Crippen LogP contribution in [0.3, 0.4) is 0 Å². The van der Waals surface area contributed by atoms with Gasteiger partial charge in [0, 0.05) is 35.2 Å². The molecule has 0 fully saturated rings. The predicted octanol–water partition coefficient (Wildman–Crippen LogP) is 4.18. The Morgan fingerprint density at radius 3 is 2.71 bits per heavy atom. The number of pyridine rings is 1. The van der Waals surface area contributed by atoms with E-state index in [1.54, 1.807) is 11.8 Å². The van der Waals surface area contributed by atoms with Crippen LogP contribution in [0.4, 0.5) is 0 Å². The lowest BCUT2D eigenvalue weighted by atomic mass is 10.2. The number of nitrogens with zero attached hydrogens (tertiary/aromatic N) is 5. The average Bonchev–Trinajstić information content (AvgIpc) is 3.17. The molecule has 7 heteroatoms. The quantitative estimate of drug-likeness (QED) is 0.482. The summed E-state index contributed by atoms with van der Waals surface area (Å²) in [5.41, 5.74) is 3.04. The first kappa shape index (κ1) is 15.4. The van der Waals surface area contributed by atoms with Crippen LogP contribution in [0.2, 0.25) is 0 Å². The Morgan fingerprint density at radius 1 is 1.08 bits per heavy atom. The highest BCUT2D eigenvalue weighted by atomic mass is 79.9. The van der Waals surface area contributed by atoms with E-state index in [-0.39, 0.29) is 0 Å². The lowest BCUT2D eigenvalue weighted by Gasteiger charge is -2.03. The van der Waals surface area contributed by atoms with Crippen molar-refractivity contribution in [3.8, 4) is 11.4 Å². The normalized spacial score (nSPS) is 11.2. The number of fused-ring (bicyclic) bond motifs is 1. The minimum absolute atomic E-state index is 0.758. The zero-order valence-electron chi connectivity index (χ0n) is 12.9. The number of halogens is 1. The van der Waals surface area contributed by atoms with E-state index >= 15 is 0 Å². The number of hydrogen-bond acceptors (Lipinski definition) is 4. The summed E-state index contributed by atoms with van der Waals surface area (Å²) in [6.07, 6.45) is 4.05. The first-order valence-corrected chi connectivity index (χ1v) is 9.19. The fourth-order valence-corrected chi connectivity index (χ4v) is 3.55. The number of hydrogen-bond donors (Lipinski definition) is 0. The summed E-state index contributed by atoms with van der Waals surface area (Å²) in [6, 6.07) is 14.1. The number of imidazole rings is 1. The Balaban J connectivity index is 1.54. The molecule has 0 aliphatic rings. The maximum absolute atomic E-state index is 4.61. The van der Waals surface area contributed by atoms with Crippen molar-refractivity contribution in [2.45, 2.75) is 10.9 Å². The van der Waals surface area contributed by atoms with Crippen LogP contribution in [0.25, 0.3) is 17.0 Å². The predicted molar refractivity (Wildman–Crippen MR) is 98.9 cm³/mol. The topological polar surface area (TPSA) is 48.0 Å². The molecule has 5 nitrogen and oxygen atoms in total. The van der Waals surface area contributed by atoms with Gasteiger partial charge in [-0.25, -0.2) is 4.98 Å². The summed E-state index contributed by atoms with van der Waals surface area (Å²) >= 11 is 5.09. The second-order valence-corrected chi connectivity index (χ2v) is 7.22. The summed E-state index contributed by atoms with van der Waals surface area (Å²) < 4.78 is 5.10. The van der Waals surface area contributed by atoms with Crippen molar-refractivity contribution in [2.24, 2.45) is 7.05 Å². The van der Waals surface area contributed by atoms with Gasteiger partial charge in [0.05, 0.1) is 5.69 Å². The molecule has 0 bridgehead atoms. The highest BCUT2D eigenvalue weighted by molar-refractivity contribution is 9.10. The molecular formula is C17H14BrN5S. The summed E-state index contributed by atoms with van der Waals surface area (Å²) in [5, 5.41) is 9.51. The molecule has 1 aromatic carbocycles. The molecule has 0 unspecified atom stereocenters. The lowest BCUT2D eigenvalue weighted by Crippen LogP contribution is -1.95. The molecule has 0 aliphatic carbocycles. The van der Waals surface area contributed by atoms with Gasteiger partial charge in [0.1, 0.15) is 5.65 Å². The molecule has 0 radical (unpaired) electrons. The van der Waals surface area contributed by atoms with Crippen molar-refractivity contribution in [2.75, 3.05) is 0 Å². The number of aromatic nitrogens is 5. The summed E-state index contributed by atoms with van der Waals surface area (Å²) in [7, 11) is 1.99. The highest BCUT2D eigenvalue weighted by Crippen LogP contribution is 2.26. The SMILES string of the molecule is Cn1c(SCc2cn3ccccc3n2)nnc1-c1ccc(Br)cc1. The van der Waals surface area contributed by atoms with E-state index in [1.165, 1.54) is 0 Å². The van der Waals surface area contributed by atoms with E-state index < -0.39 is 0 Å². The Bertz CT molecular complexity index is 957. The van der Waals surface area contributed by atoms with Crippen LogP contribution in [0, 0.1) is 0 Å². The van der Waals surface area contributed by atoms with Crippen LogP contribution in [0.1, 0.15) is 5.69 Å². The second-order valence-electron chi connectivity index (χ2n) is 5.36. The van der Waals surface area contributed by atoms with Crippen LogP contribution in [-0.2, 0) is 12.8 Å². The van der Waals surface area contributed by atoms with Gasteiger partial charge in [0.2, 0.25) is 0 Å². The molecule has 0 aliphatic heterocycles. The summed E-state index contributed by atoms with van der Waals surface area (Å²) in [4.78, 5) is 4.61. The van der Waals surface area contributed by atoms with Crippen molar-refractivity contribution < 1.29 is 0 Å². The monoisotopic (exact) mass is 399 g/mol. The number of thioether (sulfide) groups is 1. The van der Waals surface area contributed by atoms with Crippen LogP contribution in [0.5, 0.6) is 0 Å². The molecule has 0 atom stereocenters. The smallest absolute Gasteiger partial charge is 0.191 e. The molecule has 120 valence electrons. The van der Waals surface area contributed by atoms with Crippen LogP contribution in [0.15, 0.2) is 64.5 Å². The first-order valence-electron chi connectivity index (χ1n) is 7.41. The minimum Gasteiger partial charge on any atom is -0.307 e. The standard InChI is InChI=1S/C17H14BrN5S/c1-22-16(12-5-7-13(18)8-6-12)20-21-17(22)24-11-14-10-23-9-3-2-4-15(23)19-14/h2-10H,11H2,1H3. The molecule has 0 amide bonds. The van der Waals surface area contributed by atoms with Crippen molar-refractivity contribution >= 4 is 33.3 Å². The van der Waals surface area contributed by atoms with E-state index in [0.717, 1.165) is 38.1 Å². The molecule has 3 heterocycles. The Hall–Kier alpha value is -2.12. The third kappa shape index (κ3) is 2.97. The zero-order chi connectivity index (χ0) is 16.5. The van der Waals surface area contributed by atoms with Gasteiger partial charge in [-0.1, -0.05) is 45.9 Å². The lowest BCUT2D eigenvalue weighted by molar-refractivity contribution is 0.793. The Morgan fingerprint density at radius 2 is 1.92 bits per heavy atom. The first-order chi connectivity index (χ1) is 11.7. The van der Waals surface area contributed by atoms with Crippen LogP contribution in [-0.4, -0.2) is 24.1 Å². The Kier molecular flexibility index (Phi) is 4.12. The van der Waals surface area contributed by atoms with E-state index in [9.17, 15) is 0 Å². The van der Waals surface area contributed by atoms with E-state index in [0.29, 0.717) is 0 Å². The van der Waals surface area contributed by atoms with Crippen molar-refractivity contribution in [1.29, 1.82) is 0 Å². The van der Waals surface area contributed by atoms with Gasteiger partial charge in [-0.3, -0.25) is 0 Å². The number of benzene rings is 1. The molecule has 0 saturated heterocycles. The summed E-state index contributed by atoms with van der Waals surface area (Å²) in [6.45, 7) is 0. The van der Waals surface area contributed by atoms with Gasteiger partial charge in [0.25, 0.3) is 0 Å². The molecule has 24 heavy (non-hydrogen) atoms. The molecule has 0 spiro atoms. The molecule has 0 saturated carbocycles. The van der Waals surface area contributed by atoms with Gasteiger partial charge >= 0.3 is 0 Å². The van der Waals surface area contributed by atoms with E-state index in [2.05, 4.69) is 31.1 Å². The third-order valence-electron chi connectivity index (χ3n) is 3.70. The summed E-state index contributed by atoms with van der Waals surface area (Å²) in [5.74, 6) is 1.62. The zero-order valence-corrected chi connectivity index (χ0v) is 15.3. The van der Waals surface area contributed by atoms with Gasteiger partial charge in [0.15, 0.2) is 11.0 Å². The maximum Gasteiger partial charge on any atom is 0.191 e. The van der Waals surface area contributed by atoms with Crippen LogP contribution < -0.4 is 0 Å². The van der Waals surface area contributed by atoms with Gasteiger partial charge in [-0.2, -0.15) is 0 Å². The largest absolute Gasteiger partial charge is 0.307 e. The third-order valence-corrected chi connectivity index (χ3v) is 5.28. The highest BCUT2D eigenvalue weighted by Gasteiger charge is 2.12. The number of rotatable bonds is 4.